The number of halogens is 1. The molecule has 1 amide bonds. The molecule has 0 unspecified atom stereocenters. The van der Waals surface area contributed by atoms with Gasteiger partial charge in [-0.05, 0) is 48.4 Å². The molecule has 0 radical (unpaired) electrons. The molecule has 0 saturated carbocycles. The summed E-state index contributed by atoms with van der Waals surface area (Å²) in [6.07, 6.45) is 3.94. The van der Waals surface area contributed by atoms with Gasteiger partial charge in [0.1, 0.15) is 0 Å². The first-order chi connectivity index (χ1) is 14.5. The Morgan fingerprint density at radius 2 is 2.00 bits per heavy atom. The van der Waals surface area contributed by atoms with E-state index in [2.05, 4.69) is 10.3 Å². The van der Waals surface area contributed by atoms with E-state index in [0.717, 1.165) is 21.8 Å². The number of hydrogen-bond acceptors (Lipinski definition) is 5. The zero-order chi connectivity index (χ0) is 21.3. The Kier molecular flexibility index (Phi) is 7.76. The lowest BCUT2D eigenvalue weighted by atomic mass is 10.1. The van der Waals surface area contributed by atoms with Crippen LogP contribution in [0.2, 0.25) is 5.02 Å². The van der Waals surface area contributed by atoms with E-state index >= 15 is 0 Å². The molecule has 0 atom stereocenters. The molecule has 0 saturated heterocycles. The number of nitrogens with zero attached hydrogens (tertiary/aromatic N) is 1. The lowest BCUT2D eigenvalue weighted by Gasteiger charge is -2.04. The molecule has 0 aliphatic carbocycles. The maximum atomic E-state index is 12.3. The van der Waals surface area contributed by atoms with Crippen LogP contribution in [0.3, 0.4) is 0 Å². The van der Waals surface area contributed by atoms with Gasteiger partial charge in [0.25, 0.3) is 0 Å². The first-order valence-corrected chi connectivity index (χ1v) is 10.7. The average molecular weight is 441 g/mol. The molecule has 1 heterocycles. The number of aromatic nitrogens is 1. The fourth-order valence-corrected chi connectivity index (χ4v) is 3.78. The van der Waals surface area contributed by atoms with Crippen molar-refractivity contribution in [1.29, 1.82) is 0 Å². The normalized spacial score (nSPS) is 10.9. The lowest BCUT2D eigenvalue weighted by Crippen LogP contribution is -2.14. The lowest BCUT2D eigenvalue weighted by molar-refractivity contribution is -0.137. The van der Waals surface area contributed by atoms with Crippen molar-refractivity contribution in [2.75, 3.05) is 11.9 Å². The van der Waals surface area contributed by atoms with Gasteiger partial charge in [-0.2, -0.15) is 0 Å². The predicted octanol–water partition coefficient (Wildman–Crippen LogP) is 5.14. The highest BCUT2D eigenvalue weighted by Crippen LogP contribution is 2.18. The Hall–Kier alpha value is -2.96. The minimum Gasteiger partial charge on any atom is -0.463 e. The van der Waals surface area contributed by atoms with Crippen molar-refractivity contribution in [3.8, 4) is 0 Å². The van der Waals surface area contributed by atoms with Crippen LogP contribution in [0.4, 0.5) is 5.69 Å². The molecule has 3 aromatic rings. The number of esters is 1. The maximum absolute atomic E-state index is 12.3. The Balaban J connectivity index is 1.52. The zero-order valence-corrected chi connectivity index (χ0v) is 18.0. The second-order valence-electron chi connectivity index (χ2n) is 6.47. The van der Waals surface area contributed by atoms with Crippen LogP contribution in [0.5, 0.6) is 0 Å². The summed E-state index contributed by atoms with van der Waals surface area (Å²) in [4.78, 5) is 28.2. The minimum absolute atomic E-state index is 0.135. The number of ether oxygens (including phenoxy) is 1. The van der Waals surface area contributed by atoms with E-state index in [0.29, 0.717) is 23.7 Å². The fourth-order valence-electron chi connectivity index (χ4n) is 2.73. The highest BCUT2D eigenvalue weighted by atomic mass is 35.5. The van der Waals surface area contributed by atoms with Crippen LogP contribution >= 0.6 is 22.9 Å². The van der Waals surface area contributed by atoms with Gasteiger partial charge in [-0.3, -0.25) is 4.79 Å². The summed E-state index contributed by atoms with van der Waals surface area (Å²) < 4.78 is 4.84. The van der Waals surface area contributed by atoms with E-state index in [9.17, 15) is 9.59 Å². The molecule has 1 N–H and O–H groups in total. The third-order valence-corrected chi connectivity index (χ3v) is 5.21. The molecule has 2 aromatic carbocycles. The van der Waals surface area contributed by atoms with Gasteiger partial charge in [0.15, 0.2) is 0 Å². The van der Waals surface area contributed by atoms with E-state index < -0.39 is 0 Å². The van der Waals surface area contributed by atoms with E-state index in [1.54, 1.807) is 25.1 Å². The summed E-state index contributed by atoms with van der Waals surface area (Å²) in [5.41, 5.74) is 3.35. The number of rotatable bonds is 8. The minimum atomic E-state index is -0.382. The van der Waals surface area contributed by atoms with Crippen LogP contribution in [-0.2, 0) is 27.2 Å². The number of thiazole rings is 1. The molecular formula is C23H21ClN2O3S. The third kappa shape index (κ3) is 6.83. The molecular weight excluding hydrogens is 420 g/mol. The summed E-state index contributed by atoms with van der Waals surface area (Å²) in [7, 11) is 0. The average Bonchev–Trinajstić information content (AvgIpc) is 3.14. The second-order valence-corrected chi connectivity index (χ2v) is 7.85. The number of carbonyl (C=O) groups excluding carboxylic acids is 2. The van der Waals surface area contributed by atoms with Crippen molar-refractivity contribution in [3.05, 3.63) is 86.8 Å². The van der Waals surface area contributed by atoms with Crippen molar-refractivity contribution in [1.82, 2.24) is 4.98 Å². The summed E-state index contributed by atoms with van der Waals surface area (Å²) in [5, 5.41) is 6.41. The number of nitrogens with one attached hydrogen (secondary N) is 1. The van der Waals surface area contributed by atoms with Gasteiger partial charge in [-0.25, -0.2) is 9.78 Å². The standard InChI is InChI=1S/C23H21ClN2O3S/c1-2-29-23(28)11-8-16-6-9-19(10-7-16)25-21(27)14-20-15-30-22(26-20)13-17-4-3-5-18(24)12-17/h3-12,15H,2,13-14H2,1H3,(H,25,27)/b11-8+. The Morgan fingerprint density at radius 1 is 1.20 bits per heavy atom. The van der Waals surface area contributed by atoms with E-state index in [4.69, 9.17) is 16.3 Å². The van der Waals surface area contributed by atoms with Gasteiger partial charge >= 0.3 is 5.97 Å². The van der Waals surface area contributed by atoms with Crippen LogP contribution in [0.25, 0.3) is 6.08 Å². The van der Waals surface area contributed by atoms with Gasteiger partial charge in [-0.15, -0.1) is 11.3 Å². The SMILES string of the molecule is CCOC(=O)/C=C/c1ccc(NC(=O)Cc2csc(Cc3cccc(Cl)c3)n2)cc1. The molecule has 5 nitrogen and oxygen atoms in total. The monoisotopic (exact) mass is 440 g/mol. The van der Waals surface area contributed by atoms with Crippen LogP contribution in [-0.4, -0.2) is 23.5 Å². The quantitative estimate of drug-likeness (QED) is 0.388. The Bertz CT molecular complexity index is 1040. The van der Waals surface area contributed by atoms with Gasteiger partial charge in [0.2, 0.25) is 5.91 Å². The summed E-state index contributed by atoms with van der Waals surface area (Å²) in [6, 6.07) is 14.9. The molecule has 1 aromatic heterocycles. The fraction of sp³-hybridized carbons (Fsp3) is 0.174. The van der Waals surface area contributed by atoms with Gasteiger partial charge in [0, 0.05) is 28.6 Å². The summed E-state index contributed by atoms with van der Waals surface area (Å²) >= 11 is 7.55. The van der Waals surface area contributed by atoms with Crippen molar-refractivity contribution in [2.45, 2.75) is 19.8 Å². The second kappa shape index (κ2) is 10.7. The Morgan fingerprint density at radius 3 is 2.73 bits per heavy atom. The molecule has 3 rings (SSSR count). The van der Waals surface area contributed by atoms with Crippen LogP contribution in [0, 0.1) is 0 Å². The van der Waals surface area contributed by atoms with Crippen molar-refractivity contribution in [3.63, 3.8) is 0 Å². The molecule has 0 spiro atoms. The predicted molar refractivity (Wildman–Crippen MR) is 121 cm³/mol. The molecule has 0 aliphatic rings. The molecule has 0 bridgehead atoms. The number of carbonyl (C=O) groups is 2. The molecule has 0 aliphatic heterocycles. The van der Waals surface area contributed by atoms with Crippen molar-refractivity contribution < 1.29 is 14.3 Å². The first-order valence-electron chi connectivity index (χ1n) is 9.44. The molecule has 7 heteroatoms. The van der Waals surface area contributed by atoms with Crippen LogP contribution in [0.1, 0.15) is 28.8 Å². The summed E-state index contributed by atoms with van der Waals surface area (Å²) in [6.45, 7) is 2.10. The van der Waals surface area contributed by atoms with E-state index in [1.807, 2.05) is 41.8 Å². The largest absolute Gasteiger partial charge is 0.463 e. The maximum Gasteiger partial charge on any atom is 0.330 e. The topological polar surface area (TPSA) is 68.3 Å². The third-order valence-electron chi connectivity index (χ3n) is 4.08. The van der Waals surface area contributed by atoms with E-state index in [1.165, 1.54) is 17.4 Å². The number of benzene rings is 2. The van der Waals surface area contributed by atoms with Gasteiger partial charge < -0.3 is 10.1 Å². The number of anilines is 1. The zero-order valence-electron chi connectivity index (χ0n) is 16.4. The highest BCUT2D eigenvalue weighted by molar-refractivity contribution is 7.09. The first kappa shape index (κ1) is 21.7. The summed E-state index contributed by atoms with van der Waals surface area (Å²) in [5.74, 6) is -0.516. The van der Waals surface area contributed by atoms with E-state index in [-0.39, 0.29) is 18.3 Å². The van der Waals surface area contributed by atoms with Crippen LogP contribution in [0.15, 0.2) is 60.0 Å². The van der Waals surface area contributed by atoms with Gasteiger partial charge in [-0.1, -0.05) is 35.9 Å². The van der Waals surface area contributed by atoms with Crippen LogP contribution < -0.4 is 5.32 Å². The van der Waals surface area contributed by atoms with Gasteiger partial charge in [0.05, 0.1) is 23.7 Å². The van der Waals surface area contributed by atoms with Crippen molar-refractivity contribution in [2.24, 2.45) is 0 Å². The molecule has 0 fully saturated rings. The molecule has 154 valence electrons. The highest BCUT2D eigenvalue weighted by Gasteiger charge is 2.09. The molecule has 30 heavy (non-hydrogen) atoms. The van der Waals surface area contributed by atoms with Crippen molar-refractivity contribution >= 4 is 46.6 Å². The number of amides is 1. The Labute approximate surface area is 184 Å². The number of hydrogen-bond donors (Lipinski definition) is 1. The smallest absolute Gasteiger partial charge is 0.330 e.